The van der Waals surface area contributed by atoms with Crippen molar-refractivity contribution in [1.82, 2.24) is 0 Å². The van der Waals surface area contributed by atoms with E-state index in [1.807, 2.05) is 52.8 Å². The van der Waals surface area contributed by atoms with E-state index < -0.39 is 0 Å². The first-order chi connectivity index (χ1) is 12.8. The summed E-state index contributed by atoms with van der Waals surface area (Å²) in [4.78, 5) is 12.5. The van der Waals surface area contributed by atoms with Crippen molar-refractivity contribution in [3.05, 3.63) is 59.2 Å². The summed E-state index contributed by atoms with van der Waals surface area (Å²) in [6, 6.07) is 10.9. The van der Waals surface area contributed by atoms with Gasteiger partial charge in [-0.15, -0.1) is 0 Å². The van der Waals surface area contributed by atoms with E-state index in [9.17, 15) is 4.79 Å². The van der Waals surface area contributed by atoms with Gasteiger partial charge in [0, 0.05) is 11.6 Å². The number of rotatable bonds is 8. The quantitative estimate of drug-likeness (QED) is 0.457. The second kappa shape index (κ2) is 9.26. The predicted molar refractivity (Wildman–Crippen MR) is 109 cm³/mol. The van der Waals surface area contributed by atoms with Crippen LogP contribution >= 0.6 is 0 Å². The minimum Gasteiger partial charge on any atom is -0.497 e. The Labute approximate surface area is 161 Å². The zero-order valence-corrected chi connectivity index (χ0v) is 16.9. The molecule has 0 spiro atoms. The molecule has 0 amide bonds. The number of ketones is 1. The third-order valence-electron chi connectivity index (χ3n) is 3.90. The lowest BCUT2D eigenvalue weighted by Gasteiger charge is -2.17. The van der Waals surface area contributed by atoms with Gasteiger partial charge < -0.3 is 14.2 Å². The Balaban J connectivity index is 2.31. The number of carbonyl (C=O) groups excluding carboxylic acids is 1. The molecule has 0 aromatic heterocycles. The number of hydrogen-bond donors (Lipinski definition) is 0. The molecule has 0 bridgehead atoms. The fraction of sp³-hybridized carbons (Fsp3) is 0.348. The number of allylic oxidation sites excluding steroid dienone is 1. The molecule has 0 saturated carbocycles. The van der Waals surface area contributed by atoms with Gasteiger partial charge in [-0.2, -0.15) is 0 Å². The van der Waals surface area contributed by atoms with Gasteiger partial charge in [0.05, 0.1) is 19.3 Å². The highest BCUT2D eigenvalue weighted by atomic mass is 16.5. The molecule has 0 heterocycles. The van der Waals surface area contributed by atoms with Crippen molar-refractivity contribution in [2.24, 2.45) is 0 Å². The molecule has 0 aliphatic carbocycles. The summed E-state index contributed by atoms with van der Waals surface area (Å²) >= 11 is 0. The minimum absolute atomic E-state index is 0.0516. The van der Waals surface area contributed by atoms with E-state index in [1.165, 1.54) is 0 Å². The highest BCUT2D eigenvalue weighted by Gasteiger charge is 2.11. The predicted octanol–water partition coefficient (Wildman–Crippen LogP) is 5.47. The molecule has 0 radical (unpaired) electrons. The van der Waals surface area contributed by atoms with Crippen LogP contribution < -0.4 is 14.2 Å². The van der Waals surface area contributed by atoms with Gasteiger partial charge in [-0.25, -0.2) is 0 Å². The van der Waals surface area contributed by atoms with E-state index in [1.54, 1.807) is 37.5 Å². The Morgan fingerprint density at radius 2 is 1.56 bits per heavy atom. The smallest absolute Gasteiger partial charge is 0.185 e. The maximum Gasteiger partial charge on any atom is 0.185 e. The van der Waals surface area contributed by atoms with Gasteiger partial charge in [0.15, 0.2) is 5.78 Å². The molecule has 0 fully saturated rings. The summed E-state index contributed by atoms with van der Waals surface area (Å²) in [5.41, 5.74) is 2.47. The van der Waals surface area contributed by atoms with Crippen LogP contribution in [-0.2, 0) is 0 Å². The van der Waals surface area contributed by atoms with Crippen molar-refractivity contribution in [2.45, 2.75) is 46.8 Å². The largest absolute Gasteiger partial charge is 0.497 e. The fourth-order valence-electron chi connectivity index (χ4n) is 2.59. The van der Waals surface area contributed by atoms with E-state index in [0.29, 0.717) is 5.56 Å². The normalized spacial score (nSPS) is 11.3. The van der Waals surface area contributed by atoms with Gasteiger partial charge in [0.25, 0.3) is 0 Å². The van der Waals surface area contributed by atoms with Crippen molar-refractivity contribution < 1.29 is 19.0 Å². The SMILES string of the molecule is COc1ccc(C(=O)/C=C/c2cc(OC(C)C)cc(OC(C)C)c2C)cc1. The monoisotopic (exact) mass is 368 g/mol. The summed E-state index contributed by atoms with van der Waals surface area (Å²) in [6.45, 7) is 9.90. The van der Waals surface area contributed by atoms with Crippen LogP contribution in [0.25, 0.3) is 6.08 Å². The number of ether oxygens (including phenoxy) is 3. The highest BCUT2D eigenvalue weighted by Crippen LogP contribution is 2.30. The lowest BCUT2D eigenvalue weighted by atomic mass is 10.0. The molecular weight excluding hydrogens is 340 g/mol. The molecule has 27 heavy (non-hydrogen) atoms. The van der Waals surface area contributed by atoms with Gasteiger partial charge in [0.1, 0.15) is 17.2 Å². The Morgan fingerprint density at radius 1 is 0.926 bits per heavy atom. The molecule has 0 atom stereocenters. The number of carbonyl (C=O) groups is 1. The molecule has 4 nitrogen and oxygen atoms in total. The molecular formula is C23H28O4. The fourth-order valence-corrected chi connectivity index (χ4v) is 2.59. The van der Waals surface area contributed by atoms with Crippen LogP contribution in [0.3, 0.4) is 0 Å². The summed E-state index contributed by atoms with van der Waals surface area (Å²) in [5, 5.41) is 0. The van der Waals surface area contributed by atoms with Gasteiger partial charge in [-0.1, -0.05) is 6.08 Å². The van der Waals surface area contributed by atoms with Crippen molar-refractivity contribution in [1.29, 1.82) is 0 Å². The summed E-state index contributed by atoms with van der Waals surface area (Å²) in [7, 11) is 1.60. The average Bonchev–Trinajstić information content (AvgIpc) is 2.62. The minimum atomic E-state index is -0.0708. The number of methoxy groups -OCH3 is 1. The molecule has 0 unspecified atom stereocenters. The molecule has 2 aromatic rings. The zero-order valence-electron chi connectivity index (χ0n) is 16.9. The number of benzene rings is 2. The van der Waals surface area contributed by atoms with Crippen LogP contribution in [0.4, 0.5) is 0 Å². The zero-order chi connectivity index (χ0) is 20.0. The van der Waals surface area contributed by atoms with Crippen LogP contribution in [-0.4, -0.2) is 25.1 Å². The molecule has 0 N–H and O–H groups in total. The third-order valence-corrected chi connectivity index (χ3v) is 3.90. The van der Waals surface area contributed by atoms with Crippen LogP contribution in [0.15, 0.2) is 42.5 Å². The van der Waals surface area contributed by atoms with E-state index in [2.05, 4.69) is 0 Å². The molecule has 2 aromatic carbocycles. The second-order valence-corrected chi connectivity index (χ2v) is 6.89. The van der Waals surface area contributed by atoms with Crippen molar-refractivity contribution >= 4 is 11.9 Å². The molecule has 4 heteroatoms. The Morgan fingerprint density at radius 3 is 2.11 bits per heavy atom. The van der Waals surface area contributed by atoms with E-state index in [4.69, 9.17) is 14.2 Å². The van der Waals surface area contributed by atoms with Crippen molar-refractivity contribution in [3.63, 3.8) is 0 Å². The van der Waals surface area contributed by atoms with Gasteiger partial charge in [-0.3, -0.25) is 4.79 Å². The second-order valence-electron chi connectivity index (χ2n) is 6.89. The van der Waals surface area contributed by atoms with Crippen LogP contribution in [0.5, 0.6) is 17.2 Å². The maximum atomic E-state index is 12.5. The third kappa shape index (κ3) is 5.88. The Hall–Kier alpha value is -2.75. The number of hydrogen-bond acceptors (Lipinski definition) is 4. The van der Waals surface area contributed by atoms with Gasteiger partial charge >= 0.3 is 0 Å². The van der Waals surface area contributed by atoms with Crippen LogP contribution in [0, 0.1) is 6.92 Å². The summed E-state index contributed by atoms with van der Waals surface area (Å²) in [6.07, 6.45) is 3.48. The molecule has 0 aliphatic rings. The maximum absolute atomic E-state index is 12.5. The standard InChI is InChI=1S/C23H28O4/c1-15(2)26-21-13-19(17(5)23(14-21)27-16(3)4)9-12-22(24)18-7-10-20(25-6)11-8-18/h7-16H,1-6H3/b12-9+. The van der Waals surface area contributed by atoms with Crippen molar-refractivity contribution in [3.8, 4) is 17.2 Å². The van der Waals surface area contributed by atoms with Crippen molar-refractivity contribution in [2.75, 3.05) is 7.11 Å². The Kier molecular flexibility index (Phi) is 7.05. The van der Waals surface area contributed by atoms with Crippen LogP contribution in [0.1, 0.15) is 49.2 Å². The van der Waals surface area contributed by atoms with E-state index in [0.717, 1.165) is 28.4 Å². The molecule has 2 rings (SSSR count). The lowest BCUT2D eigenvalue weighted by Crippen LogP contribution is -2.09. The first-order valence-corrected chi connectivity index (χ1v) is 9.14. The highest BCUT2D eigenvalue weighted by molar-refractivity contribution is 6.07. The molecule has 0 saturated heterocycles. The van der Waals surface area contributed by atoms with E-state index >= 15 is 0 Å². The average molecular weight is 368 g/mol. The molecule has 0 aliphatic heterocycles. The van der Waals surface area contributed by atoms with Gasteiger partial charge in [-0.05, 0) is 82.2 Å². The van der Waals surface area contributed by atoms with Crippen LogP contribution in [0.2, 0.25) is 0 Å². The first kappa shape index (κ1) is 20.6. The van der Waals surface area contributed by atoms with Gasteiger partial charge in [0.2, 0.25) is 0 Å². The first-order valence-electron chi connectivity index (χ1n) is 9.14. The molecule has 144 valence electrons. The summed E-state index contributed by atoms with van der Waals surface area (Å²) in [5.74, 6) is 2.14. The van der Waals surface area contributed by atoms with E-state index in [-0.39, 0.29) is 18.0 Å². The lowest BCUT2D eigenvalue weighted by molar-refractivity contribution is 0.104. The summed E-state index contributed by atoms with van der Waals surface area (Å²) < 4.78 is 16.9. The topological polar surface area (TPSA) is 44.8 Å². The Bertz CT molecular complexity index is 802.